The third-order valence-corrected chi connectivity index (χ3v) is 8.09. The molecular weight excluding hydrogens is 464 g/mol. The van der Waals surface area contributed by atoms with E-state index in [1.165, 1.54) is 10.6 Å². The van der Waals surface area contributed by atoms with Gasteiger partial charge in [-0.2, -0.15) is 5.10 Å². The van der Waals surface area contributed by atoms with E-state index in [0.717, 1.165) is 60.9 Å². The molecular formula is C26H32N4O4S. The van der Waals surface area contributed by atoms with Crippen molar-refractivity contribution in [2.45, 2.75) is 51.0 Å². The topological polar surface area (TPSA) is 93.5 Å². The van der Waals surface area contributed by atoms with Crippen LogP contribution in [0.1, 0.15) is 59.6 Å². The molecule has 2 fully saturated rings. The SMILES string of the molecule is CNC(=O)c1c2cc(C3CC3)c(N(CCCC3CCO3)S(C)(=O)=O)cc2nn1-c1ccc(C)cc1. The van der Waals surface area contributed by atoms with Crippen LogP contribution in [-0.4, -0.2) is 56.7 Å². The second-order valence-electron chi connectivity index (χ2n) is 9.64. The molecule has 35 heavy (non-hydrogen) atoms. The first-order valence-electron chi connectivity index (χ1n) is 12.2. The number of ether oxygens (including phenoxy) is 1. The number of fused-ring (bicyclic) bond motifs is 1. The Kier molecular flexibility index (Phi) is 6.31. The first-order valence-corrected chi connectivity index (χ1v) is 14.1. The van der Waals surface area contributed by atoms with Crippen LogP contribution in [0.4, 0.5) is 5.69 Å². The van der Waals surface area contributed by atoms with E-state index in [2.05, 4.69) is 5.32 Å². The molecule has 1 aromatic heterocycles. The molecule has 0 bridgehead atoms. The van der Waals surface area contributed by atoms with Crippen LogP contribution in [0.25, 0.3) is 16.6 Å². The fraction of sp³-hybridized carbons (Fsp3) is 0.462. The normalized spacial score (nSPS) is 17.9. The van der Waals surface area contributed by atoms with Crippen LogP contribution in [-0.2, 0) is 14.8 Å². The number of aromatic nitrogens is 2. The van der Waals surface area contributed by atoms with Gasteiger partial charge >= 0.3 is 0 Å². The lowest BCUT2D eigenvalue weighted by Gasteiger charge is -2.29. The van der Waals surface area contributed by atoms with Gasteiger partial charge < -0.3 is 10.1 Å². The second-order valence-corrected chi connectivity index (χ2v) is 11.5. The second kappa shape index (κ2) is 9.28. The van der Waals surface area contributed by atoms with E-state index in [1.54, 1.807) is 11.7 Å². The molecule has 1 saturated carbocycles. The van der Waals surface area contributed by atoms with Crippen molar-refractivity contribution < 1.29 is 17.9 Å². The summed E-state index contributed by atoms with van der Waals surface area (Å²) in [6, 6.07) is 11.7. The van der Waals surface area contributed by atoms with Gasteiger partial charge in [0.2, 0.25) is 10.0 Å². The minimum absolute atomic E-state index is 0.233. The van der Waals surface area contributed by atoms with Gasteiger partial charge in [0.05, 0.1) is 29.3 Å². The van der Waals surface area contributed by atoms with Crippen molar-refractivity contribution in [1.29, 1.82) is 0 Å². The number of anilines is 1. The summed E-state index contributed by atoms with van der Waals surface area (Å²) in [7, 11) is -1.90. The van der Waals surface area contributed by atoms with Crippen molar-refractivity contribution in [3.8, 4) is 5.69 Å². The van der Waals surface area contributed by atoms with E-state index >= 15 is 0 Å². The van der Waals surface area contributed by atoms with E-state index in [-0.39, 0.29) is 17.9 Å². The van der Waals surface area contributed by atoms with E-state index < -0.39 is 10.0 Å². The largest absolute Gasteiger partial charge is 0.378 e. The highest BCUT2D eigenvalue weighted by atomic mass is 32.2. The zero-order valence-corrected chi connectivity index (χ0v) is 21.3. The van der Waals surface area contributed by atoms with Gasteiger partial charge in [-0.1, -0.05) is 17.7 Å². The summed E-state index contributed by atoms with van der Waals surface area (Å²) in [5.41, 5.74) is 4.58. The minimum atomic E-state index is -3.50. The summed E-state index contributed by atoms with van der Waals surface area (Å²) in [4.78, 5) is 13.0. The van der Waals surface area contributed by atoms with Crippen LogP contribution < -0.4 is 9.62 Å². The third kappa shape index (κ3) is 4.79. The third-order valence-electron chi connectivity index (χ3n) is 6.91. The maximum absolute atomic E-state index is 13.0. The minimum Gasteiger partial charge on any atom is -0.378 e. The van der Waals surface area contributed by atoms with Gasteiger partial charge in [0, 0.05) is 25.6 Å². The average molecular weight is 497 g/mol. The Hall–Kier alpha value is -2.91. The van der Waals surface area contributed by atoms with Crippen LogP contribution in [0, 0.1) is 6.92 Å². The van der Waals surface area contributed by atoms with Crippen LogP contribution in [0.5, 0.6) is 0 Å². The molecule has 3 aromatic rings. The Morgan fingerprint density at radius 2 is 1.91 bits per heavy atom. The fourth-order valence-electron chi connectivity index (χ4n) is 4.72. The van der Waals surface area contributed by atoms with Crippen LogP contribution in [0.15, 0.2) is 36.4 Å². The maximum Gasteiger partial charge on any atom is 0.270 e. The molecule has 8 nitrogen and oxygen atoms in total. The van der Waals surface area contributed by atoms with Gasteiger partial charge in [0.25, 0.3) is 5.91 Å². The van der Waals surface area contributed by atoms with E-state index in [1.807, 2.05) is 43.3 Å². The van der Waals surface area contributed by atoms with Crippen LogP contribution in [0.3, 0.4) is 0 Å². The summed E-state index contributed by atoms with van der Waals surface area (Å²) in [5.74, 6) is 0.0527. The summed E-state index contributed by atoms with van der Waals surface area (Å²) in [5, 5.41) is 8.24. The van der Waals surface area contributed by atoms with E-state index in [9.17, 15) is 13.2 Å². The molecule has 0 radical (unpaired) electrons. The highest BCUT2D eigenvalue weighted by molar-refractivity contribution is 7.92. The lowest BCUT2D eigenvalue weighted by molar-refractivity contribution is -0.0549. The fourth-order valence-corrected chi connectivity index (χ4v) is 5.70. The lowest BCUT2D eigenvalue weighted by Crippen LogP contribution is -2.33. The van der Waals surface area contributed by atoms with E-state index in [0.29, 0.717) is 23.4 Å². The van der Waals surface area contributed by atoms with Crippen LogP contribution >= 0.6 is 0 Å². The number of amides is 1. The highest BCUT2D eigenvalue weighted by Gasteiger charge is 2.32. The molecule has 5 rings (SSSR count). The Bertz CT molecular complexity index is 1360. The highest BCUT2D eigenvalue weighted by Crippen LogP contribution is 2.46. The Morgan fingerprint density at radius 3 is 2.49 bits per heavy atom. The van der Waals surface area contributed by atoms with Crippen molar-refractivity contribution >= 4 is 32.5 Å². The predicted molar refractivity (Wildman–Crippen MR) is 137 cm³/mol. The summed E-state index contributed by atoms with van der Waals surface area (Å²) in [6.07, 6.45) is 6.12. The molecule has 2 aliphatic rings. The first kappa shape index (κ1) is 23.8. The Morgan fingerprint density at radius 1 is 1.20 bits per heavy atom. The van der Waals surface area contributed by atoms with Crippen molar-refractivity contribution in [2.75, 3.05) is 30.8 Å². The van der Waals surface area contributed by atoms with Crippen molar-refractivity contribution in [1.82, 2.24) is 15.1 Å². The number of aryl methyl sites for hydroxylation is 1. The number of carbonyl (C=O) groups is 1. The van der Waals surface area contributed by atoms with Gasteiger partial charge in [-0.05, 0) is 74.8 Å². The molecule has 9 heteroatoms. The van der Waals surface area contributed by atoms with Gasteiger partial charge in [0.1, 0.15) is 5.69 Å². The molecule has 1 saturated heterocycles. The maximum atomic E-state index is 13.0. The average Bonchev–Trinajstić information content (AvgIpc) is 3.57. The summed E-state index contributed by atoms with van der Waals surface area (Å²) >= 11 is 0. The molecule has 186 valence electrons. The number of nitrogens with one attached hydrogen (secondary N) is 1. The van der Waals surface area contributed by atoms with Gasteiger partial charge in [-0.25, -0.2) is 13.1 Å². The van der Waals surface area contributed by atoms with Crippen LogP contribution in [0.2, 0.25) is 0 Å². The Labute approximate surface area is 206 Å². The monoisotopic (exact) mass is 496 g/mol. The number of nitrogens with zero attached hydrogens (tertiary/aromatic N) is 3. The standard InChI is InChI=1S/C26H32N4O4S/c1-17-6-10-19(11-7-17)30-25(26(31)27-2)22-15-21(18-8-9-18)24(16-23(22)28-30)29(35(3,32)33)13-4-5-20-12-14-34-20/h6-7,10-11,15-16,18,20H,4-5,8-9,12-14H2,1-3H3,(H,27,31). The first-order chi connectivity index (χ1) is 16.8. The van der Waals surface area contributed by atoms with Gasteiger partial charge in [0.15, 0.2) is 0 Å². The summed E-state index contributed by atoms with van der Waals surface area (Å²) in [6.45, 7) is 3.19. The number of rotatable bonds is 9. The quantitative estimate of drug-likeness (QED) is 0.485. The molecule has 1 amide bonds. The molecule has 0 spiro atoms. The lowest BCUT2D eigenvalue weighted by atomic mass is 10.0. The number of sulfonamides is 1. The predicted octanol–water partition coefficient (Wildman–Crippen LogP) is 3.91. The number of hydrogen-bond acceptors (Lipinski definition) is 5. The van der Waals surface area contributed by atoms with Gasteiger partial charge in [-0.15, -0.1) is 0 Å². The summed E-state index contributed by atoms with van der Waals surface area (Å²) < 4.78 is 34.5. The molecule has 1 atom stereocenters. The molecule has 1 N–H and O–H groups in total. The molecule has 2 heterocycles. The van der Waals surface area contributed by atoms with Crippen molar-refractivity contribution in [3.63, 3.8) is 0 Å². The molecule has 2 aromatic carbocycles. The zero-order chi connectivity index (χ0) is 24.7. The van der Waals surface area contributed by atoms with Crippen molar-refractivity contribution in [2.24, 2.45) is 0 Å². The molecule has 1 unspecified atom stereocenters. The Balaban J connectivity index is 1.63. The smallest absolute Gasteiger partial charge is 0.270 e. The number of hydrogen-bond donors (Lipinski definition) is 1. The number of benzene rings is 2. The zero-order valence-electron chi connectivity index (χ0n) is 20.5. The number of carbonyl (C=O) groups excluding carboxylic acids is 1. The van der Waals surface area contributed by atoms with Crippen molar-refractivity contribution in [3.05, 3.63) is 53.2 Å². The molecule has 1 aliphatic heterocycles. The molecule has 1 aliphatic carbocycles. The van der Waals surface area contributed by atoms with Gasteiger partial charge in [-0.3, -0.25) is 9.10 Å². The van der Waals surface area contributed by atoms with E-state index in [4.69, 9.17) is 9.84 Å².